The minimum Gasteiger partial charge on any atom is -0.376 e. The molecule has 1 heterocycles. The Morgan fingerprint density at radius 1 is 1.31 bits per heavy atom. The van der Waals surface area contributed by atoms with Crippen molar-refractivity contribution in [2.24, 2.45) is 17.6 Å². The van der Waals surface area contributed by atoms with E-state index in [9.17, 15) is 0 Å². The van der Waals surface area contributed by atoms with Gasteiger partial charge in [0.05, 0.1) is 12.7 Å². The summed E-state index contributed by atoms with van der Waals surface area (Å²) in [7, 11) is 0. The normalized spacial score (nSPS) is 42.2. The second kappa shape index (κ2) is 5.48. The third kappa shape index (κ3) is 2.76. The summed E-state index contributed by atoms with van der Waals surface area (Å²) in [5.41, 5.74) is 5.92. The highest BCUT2D eigenvalue weighted by Crippen LogP contribution is 2.32. The van der Waals surface area contributed by atoms with Gasteiger partial charge in [-0.05, 0) is 38.1 Å². The maximum atomic E-state index is 5.92. The van der Waals surface area contributed by atoms with Crippen LogP contribution in [-0.2, 0) is 4.74 Å². The van der Waals surface area contributed by atoms with Gasteiger partial charge < -0.3 is 10.5 Å². The van der Waals surface area contributed by atoms with Crippen LogP contribution < -0.4 is 5.73 Å². The summed E-state index contributed by atoms with van der Waals surface area (Å²) >= 11 is 0. The maximum absolute atomic E-state index is 5.92. The van der Waals surface area contributed by atoms with E-state index < -0.39 is 0 Å². The fourth-order valence-corrected chi connectivity index (χ4v) is 3.28. The molecule has 3 nitrogen and oxygen atoms in total. The molecule has 2 rings (SSSR count). The highest BCUT2D eigenvalue weighted by atomic mass is 16.5. The Hall–Kier alpha value is -0.120. The molecule has 2 fully saturated rings. The van der Waals surface area contributed by atoms with Gasteiger partial charge in [-0.2, -0.15) is 0 Å². The highest BCUT2D eigenvalue weighted by Gasteiger charge is 2.33. The fourth-order valence-electron chi connectivity index (χ4n) is 3.28. The van der Waals surface area contributed by atoms with E-state index in [2.05, 4.69) is 18.7 Å². The van der Waals surface area contributed by atoms with E-state index in [0.29, 0.717) is 18.1 Å². The number of hydrogen-bond acceptors (Lipinski definition) is 3. The van der Waals surface area contributed by atoms with Gasteiger partial charge in [-0.25, -0.2) is 0 Å². The SMILES string of the molecule is CC1CCC(CN)C(N2CCOC(C)C2)C1. The number of nitrogens with two attached hydrogens (primary N) is 1. The fraction of sp³-hybridized carbons (Fsp3) is 1.00. The molecule has 0 amide bonds. The second-order valence-corrected chi connectivity index (χ2v) is 5.66. The van der Waals surface area contributed by atoms with E-state index in [1.54, 1.807) is 0 Å². The van der Waals surface area contributed by atoms with E-state index in [-0.39, 0.29) is 0 Å². The van der Waals surface area contributed by atoms with Crippen LogP contribution in [0.3, 0.4) is 0 Å². The molecule has 0 radical (unpaired) electrons. The third-order valence-corrected chi connectivity index (χ3v) is 4.26. The molecule has 0 bridgehead atoms. The zero-order chi connectivity index (χ0) is 11.5. The lowest BCUT2D eigenvalue weighted by Gasteiger charge is -2.44. The van der Waals surface area contributed by atoms with Crippen LogP contribution in [0.1, 0.15) is 33.1 Å². The first-order chi connectivity index (χ1) is 7.70. The van der Waals surface area contributed by atoms with Crippen LogP contribution in [0.4, 0.5) is 0 Å². The average molecular weight is 226 g/mol. The summed E-state index contributed by atoms with van der Waals surface area (Å²) in [4.78, 5) is 2.63. The van der Waals surface area contributed by atoms with Gasteiger partial charge in [0.15, 0.2) is 0 Å². The zero-order valence-electron chi connectivity index (χ0n) is 10.7. The standard InChI is InChI=1S/C13H26N2O/c1-10-3-4-12(8-14)13(7-10)15-5-6-16-11(2)9-15/h10-13H,3-9,14H2,1-2H3. The van der Waals surface area contributed by atoms with Crippen LogP contribution in [0.5, 0.6) is 0 Å². The Kier molecular flexibility index (Phi) is 4.22. The molecule has 2 aliphatic rings. The number of rotatable bonds is 2. The number of ether oxygens (including phenoxy) is 1. The highest BCUT2D eigenvalue weighted by molar-refractivity contribution is 4.88. The summed E-state index contributed by atoms with van der Waals surface area (Å²) in [6.45, 7) is 8.48. The van der Waals surface area contributed by atoms with Gasteiger partial charge >= 0.3 is 0 Å². The Bertz CT molecular complexity index is 222. The first kappa shape index (κ1) is 12.3. The smallest absolute Gasteiger partial charge is 0.0674 e. The maximum Gasteiger partial charge on any atom is 0.0674 e. The van der Waals surface area contributed by atoms with E-state index in [0.717, 1.165) is 32.2 Å². The summed E-state index contributed by atoms with van der Waals surface area (Å²) in [5.74, 6) is 1.58. The summed E-state index contributed by atoms with van der Waals surface area (Å²) in [6.07, 6.45) is 4.39. The molecular weight excluding hydrogens is 200 g/mol. The van der Waals surface area contributed by atoms with Crippen molar-refractivity contribution < 1.29 is 4.74 Å². The van der Waals surface area contributed by atoms with Gasteiger partial charge in [0.2, 0.25) is 0 Å². The van der Waals surface area contributed by atoms with Gasteiger partial charge in [-0.3, -0.25) is 4.90 Å². The topological polar surface area (TPSA) is 38.5 Å². The zero-order valence-corrected chi connectivity index (χ0v) is 10.7. The summed E-state index contributed by atoms with van der Waals surface area (Å²) < 4.78 is 5.62. The molecule has 3 heteroatoms. The predicted molar refractivity (Wildman–Crippen MR) is 66.3 cm³/mol. The van der Waals surface area contributed by atoms with Crippen molar-refractivity contribution >= 4 is 0 Å². The molecule has 0 aromatic heterocycles. The molecular formula is C13H26N2O. The molecule has 1 saturated carbocycles. The summed E-state index contributed by atoms with van der Waals surface area (Å²) in [6, 6.07) is 0.708. The van der Waals surface area contributed by atoms with Crippen LogP contribution in [0, 0.1) is 11.8 Å². The lowest BCUT2D eigenvalue weighted by molar-refractivity contribution is -0.0529. The quantitative estimate of drug-likeness (QED) is 0.775. The van der Waals surface area contributed by atoms with Crippen molar-refractivity contribution in [3.63, 3.8) is 0 Å². The number of morpholine rings is 1. The second-order valence-electron chi connectivity index (χ2n) is 5.66. The van der Waals surface area contributed by atoms with Gasteiger partial charge in [-0.15, -0.1) is 0 Å². The van der Waals surface area contributed by atoms with E-state index >= 15 is 0 Å². The first-order valence-corrected chi connectivity index (χ1v) is 6.76. The lowest BCUT2D eigenvalue weighted by Crippen LogP contribution is -2.52. The van der Waals surface area contributed by atoms with Gasteiger partial charge in [0.25, 0.3) is 0 Å². The molecule has 0 spiro atoms. The largest absolute Gasteiger partial charge is 0.376 e. The third-order valence-electron chi connectivity index (χ3n) is 4.26. The molecule has 0 aromatic carbocycles. The van der Waals surface area contributed by atoms with Crippen molar-refractivity contribution in [1.29, 1.82) is 0 Å². The average Bonchev–Trinajstić information content (AvgIpc) is 2.29. The first-order valence-electron chi connectivity index (χ1n) is 6.76. The monoisotopic (exact) mass is 226 g/mol. The van der Waals surface area contributed by atoms with E-state index in [1.165, 1.54) is 19.3 Å². The molecule has 94 valence electrons. The molecule has 0 aromatic rings. The van der Waals surface area contributed by atoms with Crippen LogP contribution in [0.15, 0.2) is 0 Å². The van der Waals surface area contributed by atoms with Crippen LogP contribution in [-0.4, -0.2) is 43.3 Å². The van der Waals surface area contributed by atoms with Crippen molar-refractivity contribution in [3.8, 4) is 0 Å². The molecule has 4 unspecified atom stereocenters. The van der Waals surface area contributed by atoms with Crippen LogP contribution >= 0.6 is 0 Å². The number of hydrogen-bond donors (Lipinski definition) is 1. The lowest BCUT2D eigenvalue weighted by atomic mass is 9.78. The minimum absolute atomic E-state index is 0.393. The molecule has 4 atom stereocenters. The molecule has 1 aliphatic heterocycles. The van der Waals surface area contributed by atoms with Gasteiger partial charge in [0.1, 0.15) is 0 Å². The molecule has 1 aliphatic carbocycles. The van der Waals surface area contributed by atoms with Crippen molar-refractivity contribution in [1.82, 2.24) is 4.90 Å². The van der Waals surface area contributed by atoms with E-state index in [4.69, 9.17) is 10.5 Å². The van der Waals surface area contributed by atoms with Crippen LogP contribution in [0.2, 0.25) is 0 Å². The van der Waals surface area contributed by atoms with Crippen LogP contribution in [0.25, 0.3) is 0 Å². The Morgan fingerprint density at radius 3 is 2.81 bits per heavy atom. The Balaban J connectivity index is 1.98. The van der Waals surface area contributed by atoms with Gasteiger partial charge in [0, 0.05) is 19.1 Å². The Labute approximate surface area is 99.3 Å². The molecule has 16 heavy (non-hydrogen) atoms. The Morgan fingerprint density at radius 2 is 2.12 bits per heavy atom. The molecule has 1 saturated heterocycles. The summed E-state index contributed by atoms with van der Waals surface area (Å²) in [5, 5.41) is 0. The number of nitrogens with zero attached hydrogens (tertiary/aromatic N) is 1. The van der Waals surface area contributed by atoms with Gasteiger partial charge in [-0.1, -0.05) is 13.3 Å². The van der Waals surface area contributed by atoms with Crippen molar-refractivity contribution in [2.45, 2.75) is 45.3 Å². The molecule has 2 N–H and O–H groups in total. The van der Waals surface area contributed by atoms with E-state index in [1.807, 2.05) is 0 Å². The predicted octanol–water partition coefficient (Wildman–Crippen LogP) is 1.47. The van der Waals surface area contributed by atoms with Crippen molar-refractivity contribution in [2.75, 3.05) is 26.2 Å². The minimum atomic E-state index is 0.393. The van der Waals surface area contributed by atoms with Crippen molar-refractivity contribution in [3.05, 3.63) is 0 Å².